The monoisotopic (exact) mass is 229 g/mol. The average molecular weight is 229 g/mol. The lowest BCUT2D eigenvalue weighted by molar-refractivity contribution is 0.609. The highest BCUT2D eigenvalue weighted by Crippen LogP contribution is 2.30. The molecule has 1 nitrogen and oxygen atoms in total. The summed E-state index contributed by atoms with van der Waals surface area (Å²) in [5.41, 5.74) is 1.37. The molecule has 2 aromatic rings. The van der Waals surface area contributed by atoms with E-state index in [-0.39, 0.29) is 0 Å². The van der Waals surface area contributed by atoms with E-state index in [0.717, 1.165) is 6.04 Å². The van der Waals surface area contributed by atoms with Crippen molar-refractivity contribution in [3.05, 3.63) is 58.3 Å². The van der Waals surface area contributed by atoms with E-state index in [1.807, 2.05) is 11.3 Å². The van der Waals surface area contributed by atoms with Crippen LogP contribution in [-0.2, 0) is 0 Å². The van der Waals surface area contributed by atoms with Crippen LogP contribution in [0, 0.1) is 0 Å². The number of thiophene rings is 1. The summed E-state index contributed by atoms with van der Waals surface area (Å²) in [5, 5.41) is 5.87. The fourth-order valence-electron chi connectivity index (χ4n) is 1.93. The third kappa shape index (κ3) is 2.18. The summed E-state index contributed by atoms with van der Waals surface area (Å²) in [4.78, 5) is 1.41. The molecule has 2 heteroatoms. The minimum atomic E-state index is 0.383. The van der Waals surface area contributed by atoms with Crippen LogP contribution in [0.3, 0.4) is 0 Å². The molecule has 1 aliphatic rings. The number of rotatable bonds is 4. The molecule has 0 radical (unpaired) electrons. The van der Waals surface area contributed by atoms with E-state index in [9.17, 15) is 0 Å². The topological polar surface area (TPSA) is 12.0 Å². The Kier molecular flexibility index (Phi) is 2.77. The van der Waals surface area contributed by atoms with Crippen LogP contribution in [-0.4, -0.2) is 6.04 Å². The molecule has 16 heavy (non-hydrogen) atoms. The maximum atomic E-state index is 3.72. The third-order valence-electron chi connectivity index (χ3n) is 2.94. The Morgan fingerprint density at radius 2 is 1.88 bits per heavy atom. The molecule has 3 rings (SSSR count). The zero-order valence-corrected chi connectivity index (χ0v) is 9.91. The van der Waals surface area contributed by atoms with Crippen molar-refractivity contribution in [3.63, 3.8) is 0 Å². The molecule has 0 aliphatic heterocycles. The first-order valence-electron chi connectivity index (χ1n) is 5.78. The van der Waals surface area contributed by atoms with E-state index in [2.05, 4.69) is 53.2 Å². The van der Waals surface area contributed by atoms with Crippen LogP contribution in [0.15, 0.2) is 47.8 Å². The van der Waals surface area contributed by atoms with E-state index in [1.54, 1.807) is 0 Å². The van der Waals surface area contributed by atoms with Crippen LogP contribution in [0.2, 0.25) is 0 Å². The van der Waals surface area contributed by atoms with Crippen molar-refractivity contribution in [3.8, 4) is 0 Å². The van der Waals surface area contributed by atoms with E-state index in [0.29, 0.717) is 6.04 Å². The molecule has 1 N–H and O–H groups in total. The second-order valence-corrected chi connectivity index (χ2v) is 5.28. The molecule has 1 aliphatic carbocycles. The van der Waals surface area contributed by atoms with Crippen LogP contribution >= 0.6 is 11.3 Å². The van der Waals surface area contributed by atoms with Crippen molar-refractivity contribution in [2.24, 2.45) is 0 Å². The van der Waals surface area contributed by atoms with Crippen molar-refractivity contribution in [2.45, 2.75) is 24.9 Å². The molecular weight excluding hydrogens is 214 g/mol. The molecule has 0 bridgehead atoms. The molecule has 0 saturated heterocycles. The standard InChI is InChI=1S/C14H15NS/c1-2-5-11(6-3-1)14(15-12-8-9-12)13-7-4-10-16-13/h1-7,10,12,14-15H,8-9H2. The van der Waals surface area contributed by atoms with Crippen LogP contribution < -0.4 is 5.32 Å². The van der Waals surface area contributed by atoms with Gasteiger partial charge in [0.2, 0.25) is 0 Å². The van der Waals surface area contributed by atoms with Crippen molar-refractivity contribution in [1.82, 2.24) is 5.32 Å². The van der Waals surface area contributed by atoms with E-state index in [4.69, 9.17) is 0 Å². The van der Waals surface area contributed by atoms with Gasteiger partial charge < -0.3 is 5.32 Å². The van der Waals surface area contributed by atoms with E-state index >= 15 is 0 Å². The molecule has 0 spiro atoms. The Labute approximate surface area is 100 Å². The lowest BCUT2D eigenvalue weighted by Gasteiger charge is -2.17. The Morgan fingerprint density at radius 3 is 2.50 bits per heavy atom. The third-order valence-corrected chi connectivity index (χ3v) is 3.88. The highest BCUT2D eigenvalue weighted by atomic mass is 32.1. The van der Waals surface area contributed by atoms with Gasteiger partial charge in [0.05, 0.1) is 6.04 Å². The number of hydrogen-bond donors (Lipinski definition) is 1. The maximum Gasteiger partial charge on any atom is 0.0673 e. The van der Waals surface area contributed by atoms with Gasteiger partial charge in [0.1, 0.15) is 0 Å². The molecule has 1 aromatic heterocycles. The summed E-state index contributed by atoms with van der Waals surface area (Å²) in [6, 6.07) is 16.2. The van der Waals surface area contributed by atoms with E-state index < -0.39 is 0 Å². The van der Waals surface area contributed by atoms with Gasteiger partial charge in [0, 0.05) is 10.9 Å². The molecule has 1 unspecified atom stereocenters. The van der Waals surface area contributed by atoms with Crippen molar-refractivity contribution in [1.29, 1.82) is 0 Å². The molecule has 1 aromatic carbocycles. The second kappa shape index (κ2) is 4.40. The summed E-state index contributed by atoms with van der Waals surface area (Å²) >= 11 is 1.83. The van der Waals surface area contributed by atoms with Crippen molar-refractivity contribution >= 4 is 11.3 Å². The summed E-state index contributed by atoms with van der Waals surface area (Å²) in [6.07, 6.45) is 2.66. The lowest BCUT2D eigenvalue weighted by Crippen LogP contribution is -2.23. The second-order valence-electron chi connectivity index (χ2n) is 4.30. The van der Waals surface area contributed by atoms with Crippen LogP contribution in [0.1, 0.15) is 29.3 Å². The van der Waals surface area contributed by atoms with Gasteiger partial charge in [-0.05, 0) is 29.9 Å². The summed E-state index contributed by atoms with van der Waals surface area (Å²) in [5.74, 6) is 0. The predicted octanol–water partition coefficient (Wildman–Crippen LogP) is 3.59. The molecule has 82 valence electrons. The first kappa shape index (κ1) is 10.1. The maximum absolute atomic E-state index is 3.72. The first-order chi connectivity index (χ1) is 7.93. The van der Waals surface area contributed by atoms with Gasteiger partial charge in [-0.25, -0.2) is 0 Å². The normalized spacial score (nSPS) is 17.2. The van der Waals surface area contributed by atoms with E-state index in [1.165, 1.54) is 23.3 Å². The molecule has 1 fully saturated rings. The number of hydrogen-bond acceptors (Lipinski definition) is 2. The Balaban J connectivity index is 1.89. The van der Waals surface area contributed by atoms with Gasteiger partial charge in [-0.2, -0.15) is 0 Å². The van der Waals surface area contributed by atoms with Crippen LogP contribution in [0.25, 0.3) is 0 Å². The molecule has 1 atom stereocenters. The van der Waals surface area contributed by atoms with Gasteiger partial charge in [-0.3, -0.25) is 0 Å². The fraction of sp³-hybridized carbons (Fsp3) is 0.286. The van der Waals surface area contributed by atoms with Gasteiger partial charge in [-0.15, -0.1) is 11.3 Å². The summed E-state index contributed by atoms with van der Waals surface area (Å²) < 4.78 is 0. The average Bonchev–Trinajstić information content (AvgIpc) is 3.00. The van der Waals surface area contributed by atoms with Gasteiger partial charge >= 0.3 is 0 Å². The zero-order chi connectivity index (χ0) is 10.8. The van der Waals surface area contributed by atoms with Gasteiger partial charge in [0.15, 0.2) is 0 Å². The number of nitrogens with one attached hydrogen (secondary N) is 1. The van der Waals surface area contributed by atoms with Crippen LogP contribution in [0.5, 0.6) is 0 Å². The molecule has 0 amide bonds. The SMILES string of the molecule is c1ccc(C(NC2CC2)c2cccs2)cc1. The summed E-state index contributed by atoms with van der Waals surface area (Å²) in [7, 11) is 0. The Morgan fingerprint density at radius 1 is 1.06 bits per heavy atom. The predicted molar refractivity (Wildman–Crippen MR) is 68.8 cm³/mol. The number of benzene rings is 1. The minimum absolute atomic E-state index is 0.383. The fourth-order valence-corrected chi connectivity index (χ4v) is 2.74. The Hall–Kier alpha value is -1.12. The van der Waals surface area contributed by atoms with Crippen molar-refractivity contribution in [2.75, 3.05) is 0 Å². The van der Waals surface area contributed by atoms with Crippen molar-refractivity contribution < 1.29 is 0 Å². The highest BCUT2D eigenvalue weighted by Gasteiger charge is 2.26. The highest BCUT2D eigenvalue weighted by molar-refractivity contribution is 7.10. The minimum Gasteiger partial charge on any atom is -0.303 e. The van der Waals surface area contributed by atoms with Gasteiger partial charge in [0.25, 0.3) is 0 Å². The first-order valence-corrected chi connectivity index (χ1v) is 6.66. The zero-order valence-electron chi connectivity index (χ0n) is 9.10. The summed E-state index contributed by atoms with van der Waals surface area (Å²) in [6.45, 7) is 0. The quantitative estimate of drug-likeness (QED) is 0.845. The lowest BCUT2D eigenvalue weighted by atomic mass is 10.1. The molecular formula is C14H15NS. The molecule has 1 heterocycles. The smallest absolute Gasteiger partial charge is 0.0673 e. The largest absolute Gasteiger partial charge is 0.303 e. The van der Waals surface area contributed by atoms with Crippen LogP contribution in [0.4, 0.5) is 0 Å². The Bertz CT molecular complexity index is 431. The molecule has 1 saturated carbocycles. The van der Waals surface area contributed by atoms with Gasteiger partial charge in [-0.1, -0.05) is 36.4 Å².